The smallest absolute Gasteiger partial charge is 0.216 e. The fraction of sp³-hybridized carbons (Fsp3) is 1.00. The summed E-state index contributed by atoms with van der Waals surface area (Å²) in [6.07, 6.45) is 9.07. The van der Waals surface area contributed by atoms with Gasteiger partial charge in [-0.1, -0.05) is 34.1 Å². The van der Waals surface area contributed by atoms with E-state index in [0.717, 1.165) is 32.1 Å². The molecule has 35 heavy (non-hydrogen) atoms. The molecule has 0 heterocycles. The number of fused-ring (bicyclic) bond motifs is 5. The second kappa shape index (κ2) is 9.54. The van der Waals surface area contributed by atoms with Crippen molar-refractivity contribution in [3.05, 3.63) is 0 Å². The summed E-state index contributed by atoms with van der Waals surface area (Å²) in [5, 5.41) is 22.3. The Hall–Kier alpha value is -0.170. The molecule has 0 saturated heterocycles. The molecule has 4 aliphatic carbocycles. The second-order valence-electron chi connectivity index (χ2n) is 14.4. The molecule has 0 radical (unpaired) electrons. The summed E-state index contributed by atoms with van der Waals surface area (Å²) in [6.45, 7) is 15.3. The van der Waals surface area contributed by atoms with Crippen LogP contribution in [0.3, 0.4) is 0 Å². The van der Waals surface area contributed by atoms with Gasteiger partial charge < -0.3 is 10.2 Å². The maximum Gasteiger partial charge on any atom is 0.216 e. The van der Waals surface area contributed by atoms with Crippen molar-refractivity contribution in [3.8, 4) is 0 Å². The molecule has 0 spiro atoms. The molecule has 5 nitrogen and oxygen atoms in total. The van der Waals surface area contributed by atoms with Crippen molar-refractivity contribution < 1.29 is 18.6 Å². The predicted molar refractivity (Wildman–Crippen MR) is 142 cm³/mol. The number of hydrogen-bond acceptors (Lipinski definition) is 4. The third kappa shape index (κ3) is 4.55. The van der Waals surface area contributed by atoms with Crippen LogP contribution in [0.4, 0.5) is 0 Å². The van der Waals surface area contributed by atoms with Crippen molar-refractivity contribution in [2.75, 3.05) is 6.54 Å². The minimum absolute atomic E-state index is 0.202. The van der Waals surface area contributed by atoms with Gasteiger partial charge in [-0.15, -0.1) is 0 Å². The van der Waals surface area contributed by atoms with Crippen LogP contribution in [0.5, 0.6) is 0 Å². The van der Waals surface area contributed by atoms with E-state index in [9.17, 15) is 18.6 Å². The van der Waals surface area contributed by atoms with Crippen LogP contribution in [0, 0.1) is 52.3 Å². The van der Waals surface area contributed by atoms with E-state index in [4.69, 9.17) is 0 Å². The van der Waals surface area contributed by atoms with Gasteiger partial charge in [0.1, 0.15) is 0 Å². The molecule has 0 amide bonds. The average Bonchev–Trinajstić information content (AvgIpc) is 3.11. The van der Waals surface area contributed by atoms with Gasteiger partial charge in [0.2, 0.25) is 10.0 Å². The van der Waals surface area contributed by atoms with Crippen LogP contribution in [-0.2, 0) is 10.0 Å². The predicted octanol–water partition coefficient (Wildman–Crippen LogP) is 5.36. The van der Waals surface area contributed by atoms with Crippen LogP contribution in [0.1, 0.15) is 106 Å². The van der Waals surface area contributed by atoms with Crippen LogP contribution in [-0.4, -0.2) is 42.1 Å². The molecule has 11 atom stereocenters. The monoisotopic (exact) mass is 511 g/mol. The number of hydrogen-bond donors (Lipinski definition) is 3. The molecule has 4 fully saturated rings. The van der Waals surface area contributed by atoms with Crippen molar-refractivity contribution >= 4 is 10.0 Å². The largest absolute Gasteiger partial charge is 0.393 e. The minimum atomic E-state index is -3.31. The Labute approximate surface area is 215 Å². The summed E-state index contributed by atoms with van der Waals surface area (Å²) >= 11 is 0. The first-order valence-corrected chi connectivity index (χ1v) is 16.0. The summed E-state index contributed by atoms with van der Waals surface area (Å²) in [6, 6.07) is 0. The van der Waals surface area contributed by atoms with Crippen LogP contribution in [0.2, 0.25) is 0 Å². The topological polar surface area (TPSA) is 86.6 Å². The van der Waals surface area contributed by atoms with Gasteiger partial charge in [-0.3, -0.25) is 0 Å². The van der Waals surface area contributed by atoms with Gasteiger partial charge >= 0.3 is 0 Å². The Morgan fingerprint density at radius 3 is 2.23 bits per heavy atom. The maximum absolute atomic E-state index is 12.5. The van der Waals surface area contributed by atoms with Crippen molar-refractivity contribution in [2.24, 2.45) is 52.3 Å². The van der Waals surface area contributed by atoms with Gasteiger partial charge in [-0.25, -0.2) is 13.1 Å². The first kappa shape index (κ1) is 27.9. The normalized spacial score (nSPS) is 47.0. The number of aliphatic hydroxyl groups is 2. The third-order valence-electron chi connectivity index (χ3n) is 11.8. The molecular weight excluding hydrogens is 458 g/mol. The maximum atomic E-state index is 12.5. The molecule has 6 heteroatoms. The summed E-state index contributed by atoms with van der Waals surface area (Å²) in [7, 11) is -3.31. The molecular formula is C29H53NO4S. The Balaban J connectivity index is 1.51. The molecule has 0 bridgehead atoms. The first-order chi connectivity index (χ1) is 16.2. The summed E-state index contributed by atoms with van der Waals surface area (Å²) in [5.41, 5.74) is 0.459. The Morgan fingerprint density at radius 1 is 0.971 bits per heavy atom. The fourth-order valence-corrected chi connectivity index (χ4v) is 10.6. The molecule has 4 rings (SSSR count). The van der Waals surface area contributed by atoms with Gasteiger partial charge in [-0.2, -0.15) is 0 Å². The molecule has 4 unspecified atom stereocenters. The highest BCUT2D eigenvalue weighted by atomic mass is 32.2. The van der Waals surface area contributed by atoms with Crippen LogP contribution in [0.25, 0.3) is 0 Å². The highest BCUT2D eigenvalue weighted by molar-refractivity contribution is 7.90. The lowest BCUT2D eigenvalue weighted by atomic mass is 9.41. The molecule has 0 aromatic heterocycles. The Bertz CT molecular complexity index is 868. The summed E-state index contributed by atoms with van der Waals surface area (Å²) < 4.78 is 27.1. The van der Waals surface area contributed by atoms with E-state index in [1.54, 1.807) is 20.8 Å². The molecule has 0 aromatic carbocycles. The zero-order valence-electron chi connectivity index (χ0n) is 23.4. The molecule has 204 valence electrons. The molecule has 4 saturated carbocycles. The fourth-order valence-electron chi connectivity index (χ4n) is 9.77. The van der Waals surface area contributed by atoms with Crippen molar-refractivity contribution in [2.45, 2.75) is 123 Å². The number of rotatable bonds is 6. The average molecular weight is 512 g/mol. The zero-order chi connectivity index (χ0) is 26.0. The lowest BCUT2D eigenvalue weighted by Crippen LogP contribution is -2.62. The first-order valence-electron chi connectivity index (χ1n) is 14.5. The van der Waals surface area contributed by atoms with Gasteiger partial charge in [-0.05, 0) is 124 Å². The van der Waals surface area contributed by atoms with Crippen LogP contribution >= 0.6 is 0 Å². The standard InChI is InChI=1S/C29H53NO4S/c1-8-20-24-17-19(31)11-14-29(24,7)23-12-15-28(6)21(9-10-22(28)25(23)26(20)32)18(2)13-16-30-35(33,34)27(3,4)5/h18-26,30-32H,8-17H2,1-7H3/t18-,19-,20-,21-,22+,23+,24?,25?,26-,28?,29?/m1/s1. The third-order valence-corrected chi connectivity index (χ3v) is 14.0. The van der Waals surface area contributed by atoms with Gasteiger partial charge in [0, 0.05) is 6.54 Å². The number of aliphatic hydroxyl groups excluding tert-OH is 2. The summed E-state index contributed by atoms with van der Waals surface area (Å²) in [5.74, 6) is 3.24. The van der Waals surface area contributed by atoms with Crippen LogP contribution < -0.4 is 4.72 Å². The number of sulfonamides is 1. The van der Waals surface area contributed by atoms with Crippen molar-refractivity contribution in [1.29, 1.82) is 0 Å². The highest BCUT2D eigenvalue weighted by Gasteiger charge is 2.64. The van der Waals surface area contributed by atoms with Crippen LogP contribution in [0.15, 0.2) is 0 Å². The second-order valence-corrected chi connectivity index (χ2v) is 16.9. The van der Waals surface area contributed by atoms with E-state index in [0.29, 0.717) is 48.0 Å². The lowest BCUT2D eigenvalue weighted by molar-refractivity contribution is -0.203. The van der Waals surface area contributed by atoms with E-state index in [1.807, 2.05) is 0 Å². The lowest BCUT2D eigenvalue weighted by Gasteiger charge is -2.64. The molecule has 0 aromatic rings. The van der Waals surface area contributed by atoms with E-state index in [2.05, 4.69) is 32.4 Å². The van der Waals surface area contributed by atoms with E-state index in [-0.39, 0.29) is 23.0 Å². The Morgan fingerprint density at radius 2 is 1.60 bits per heavy atom. The SMILES string of the molecule is CC[C@@H]1C2C[C@H](O)CCC2(C)[C@H]2CCC3(C)[C@@H]([C@H](C)CCNS(=O)(=O)C(C)(C)C)CC[C@H]3C2[C@@H]1O. The molecule has 4 aliphatic rings. The van der Waals surface area contributed by atoms with Crippen molar-refractivity contribution in [3.63, 3.8) is 0 Å². The molecule has 0 aliphatic heterocycles. The van der Waals surface area contributed by atoms with E-state index < -0.39 is 14.8 Å². The number of nitrogens with one attached hydrogen (secondary N) is 1. The summed E-state index contributed by atoms with van der Waals surface area (Å²) in [4.78, 5) is 0. The van der Waals surface area contributed by atoms with Gasteiger partial charge in [0.25, 0.3) is 0 Å². The molecule has 3 N–H and O–H groups in total. The van der Waals surface area contributed by atoms with E-state index in [1.165, 1.54) is 25.7 Å². The van der Waals surface area contributed by atoms with Gasteiger partial charge in [0.05, 0.1) is 17.0 Å². The highest BCUT2D eigenvalue weighted by Crippen LogP contribution is 2.69. The zero-order valence-corrected chi connectivity index (χ0v) is 24.2. The Kier molecular flexibility index (Phi) is 7.59. The van der Waals surface area contributed by atoms with Gasteiger partial charge in [0.15, 0.2) is 0 Å². The minimum Gasteiger partial charge on any atom is -0.393 e. The van der Waals surface area contributed by atoms with Crippen molar-refractivity contribution in [1.82, 2.24) is 4.72 Å². The quantitative estimate of drug-likeness (QED) is 0.448. The van der Waals surface area contributed by atoms with E-state index >= 15 is 0 Å².